The van der Waals surface area contributed by atoms with Crippen LogP contribution in [0.2, 0.25) is 0 Å². The highest BCUT2D eigenvalue weighted by molar-refractivity contribution is 5.92. The Labute approximate surface area is 202 Å². The zero-order chi connectivity index (χ0) is 24.1. The van der Waals surface area contributed by atoms with E-state index in [1.165, 1.54) is 0 Å². The summed E-state index contributed by atoms with van der Waals surface area (Å²) in [4.78, 5) is 32.1. The number of methoxy groups -OCH3 is 1. The lowest BCUT2D eigenvalue weighted by Crippen LogP contribution is -2.52. The Bertz CT molecular complexity index is 988. The fourth-order valence-corrected chi connectivity index (χ4v) is 5.11. The topological polar surface area (TPSA) is 65.1 Å². The summed E-state index contributed by atoms with van der Waals surface area (Å²) >= 11 is 0. The van der Waals surface area contributed by atoms with Crippen molar-refractivity contribution in [1.29, 1.82) is 0 Å². The molecule has 2 amide bonds. The Balaban J connectivity index is 1.22. The predicted octanol–water partition coefficient (Wildman–Crippen LogP) is 3.31. The van der Waals surface area contributed by atoms with E-state index in [1.807, 2.05) is 49.1 Å². The van der Waals surface area contributed by atoms with Gasteiger partial charge in [-0.05, 0) is 75.2 Å². The monoisotopic (exact) mass is 464 g/mol. The molecule has 2 fully saturated rings. The number of benzene rings is 2. The molecule has 0 spiro atoms. The number of nitrogens with zero attached hydrogens (tertiary/aromatic N) is 3. The highest BCUT2D eigenvalue weighted by atomic mass is 16.5. The number of piperazine rings is 1. The Hall–Kier alpha value is -3.06. The number of para-hydroxylation sites is 2. The third kappa shape index (κ3) is 5.89. The molecule has 2 heterocycles. The van der Waals surface area contributed by atoms with Crippen molar-refractivity contribution < 1.29 is 14.3 Å². The van der Waals surface area contributed by atoms with Gasteiger partial charge in [0.15, 0.2) is 0 Å². The van der Waals surface area contributed by atoms with Crippen LogP contribution in [0.25, 0.3) is 0 Å². The summed E-state index contributed by atoms with van der Waals surface area (Å²) in [6.45, 7) is 9.06. The van der Waals surface area contributed by atoms with Crippen LogP contribution < -0.4 is 15.0 Å². The number of ether oxygens (including phenoxy) is 1. The number of hydrogen-bond acceptors (Lipinski definition) is 5. The van der Waals surface area contributed by atoms with Crippen molar-refractivity contribution in [2.45, 2.75) is 26.7 Å². The van der Waals surface area contributed by atoms with Gasteiger partial charge in [-0.15, -0.1) is 0 Å². The normalized spacial score (nSPS) is 17.5. The molecule has 2 aromatic rings. The van der Waals surface area contributed by atoms with Crippen LogP contribution in [-0.4, -0.2) is 74.5 Å². The zero-order valence-electron chi connectivity index (χ0n) is 20.5. The smallest absolute Gasteiger partial charge is 0.238 e. The van der Waals surface area contributed by atoms with Crippen LogP contribution >= 0.6 is 0 Å². The van der Waals surface area contributed by atoms with Gasteiger partial charge in [-0.3, -0.25) is 14.5 Å². The van der Waals surface area contributed by atoms with Crippen LogP contribution in [0, 0.1) is 19.8 Å². The molecule has 0 aromatic heterocycles. The number of piperidine rings is 1. The molecule has 0 unspecified atom stereocenters. The number of likely N-dealkylation sites (tertiary alicyclic amines) is 1. The maximum absolute atomic E-state index is 13.1. The fraction of sp³-hybridized carbons (Fsp3) is 0.481. The molecule has 0 atom stereocenters. The molecule has 0 bridgehead atoms. The highest BCUT2D eigenvalue weighted by Gasteiger charge is 2.31. The maximum atomic E-state index is 13.1. The Kier molecular flexibility index (Phi) is 7.73. The van der Waals surface area contributed by atoms with Crippen LogP contribution in [0.3, 0.4) is 0 Å². The largest absolute Gasteiger partial charge is 0.495 e. The number of carbonyl (C=O) groups excluding carboxylic acids is 2. The Morgan fingerprint density at radius 1 is 0.941 bits per heavy atom. The van der Waals surface area contributed by atoms with Gasteiger partial charge in [-0.25, -0.2) is 0 Å². The zero-order valence-corrected chi connectivity index (χ0v) is 20.5. The molecule has 7 nitrogen and oxygen atoms in total. The molecule has 7 heteroatoms. The van der Waals surface area contributed by atoms with Crippen molar-refractivity contribution in [1.82, 2.24) is 9.80 Å². The molecule has 0 aliphatic carbocycles. The number of amides is 2. The van der Waals surface area contributed by atoms with E-state index in [4.69, 9.17) is 4.74 Å². The predicted molar refractivity (Wildman–Crippen MR) is 135 cm³/mol. The third-order valence-corrected chi connectivity index (χ3v) is 6.83. The highest BCUT2D eigenvalue weighted by Crippen LogP contribution is 2.29. The number of nitrogens with one attached hydrogen (secondary N) is 1. The van der Waals surface area contributed by atoms with E-state index in [0.717, 1.165) is 80.4 Å². The fourth-order valence-electron chi connectivity index (χ4n) is 5.11. The van der Waals surface area contributed by atoms with Crippen LogP contribution in [-0.2, 0) is 9.59 Å². The van der Waals surface area contributed by atoms with Crippen LogP contribution in [0.1, 0.15) is 24.0 Å². The molecule has 4 rings (SSSR count). The molecular weight excluding hydrogens is 428 g/mol. The van der Waals surface area contributed by atoms with Crippen molar-refractivity contribution in [2.75, 3.05) is 63.1 Å². The standard InChI is InChI=1S/C27H36N4O3/c1-20-16-21(2)18-23(17-20)28-26(32)19-29-10-8-22(9-11-29)27(33)31-14-12-30(13-15-31)24-6-4-5-7-25(24)34-3/h4-7,16-18,22H,8-15,19H2,1-3H3,(H,28,32). The lowest BCUT2D eigenvalue weighted by atomic mass is 9.95. The number of aryl methyl sites for hydroxylation is 2. The summed E-state index contributed by atoms with van der Waals surface area (Å²) in [5, 5.41) is 3.01. The van der Waals surface area contributed by atoms with Crippen molar-refractivity contribution >= 4 is 23.2 Å². The minimum atomic E-state index is 0.00207. The van der Waals surface area contributed by atoms with E-state index in [-0.39, 0.29) is 17.7 Å². The minimum Gasteiger partial charge on any atom is -0.495 e. The molecule has 0 radical (unpaired) electrons. The van der Waals surface area contributed by atoms with Crippen molar-refractivity contribution in [2.24, 2.45) is 5.92 Å². The van der Waals surface area contributed by atoms with Gasteiger partial charge >= 0.3 is 0 Å². The average molecular weight is 465 g/mol. The van der Waals surface area contributed by atoms with Gasteiger partial charge in [-0.1, -0.05) is 18.2 Å². The first-order valence-electron chi connectivity index (χ1n) is 12.2. The summed E-state index contributed by atoms with van der Waals surface area (Å²) in [5.74, 6) is 1.19. The summed E-state index contributed by atoms with van der Waals surface area (Å²) in [5.41, 5.74) is 4.21. The number of rotatable bonds is 6. The molecule has 2 aliphatic rings. The Morgan fingerprint density at radius 2 is 1.59 bits per heavy atom. The second-order valence-corrected chi connectivity index (χ2v) is 9.46. The molecule has 182 valence electrons. The summed E-state index contributed by atoms with van der Waals surface area (Å²) in [7, 11) is 1.69. The first kappa shape index (κ1) is 24.1. The first-order valence-corrected chi connectivity index (χ1v) is 12.2. The minimum absolute atomic E-state index is 0.00207. The molecular formula is C27H36N4O3. The molecule has 2 saturated heterocycles. The van der Waals surface area contributed by atoms with Gasteiger partial charge in [0.1, 0.15) is 5.75 Å². The molecule has 2 aromatic carbocycles. The number of carbonyl (C=O) groups is 2. The van der Waals surface area contributed by atoms with Crippen molar-refractivity contribution in [3.05, 3.63) is 53.6 Å². The lowest BCUT2D eigenvalue weighted by Gasteiger charge is -2.39. The van der Waals surface area contributed by atoms with Gasteiger partial charge in [0.05, 0.1) is 19.3 Å². The summed E-state index contributed by atoms with van der Waals surface area (Å²) in [6, 6.07) is 14.1. The van der Waals surface area contributed by atoms with Gasteiger partial charge < -0.3 is 19.9 Å². The summed E-state index contributed by atoms with van der Waals surface area (Å²) < 4.78 is 5.49. The SMILES string of the molecule is COc1ccccc1N1CCN(C(=O)C2CCN(CC(=O)Nc3cc(C)cc(C)c3)CC2)CC1. The third-order valence-electron chi connectivity index (χ3n) is 6.83. The van der Waals surface area contributed by atoms with Gasteiger partial charge in [0.2, 0.25) is 11.8 Å². The maximum Gasteiger partial charge on any atom is 0.238 e. The van der Waals surface area contributed by atoms with E-state index >= 15 is 0 Å². The lowest BCUT2D eigenvalue weighted by molar-refractivity contribution is -0.137. The van der Waals surface area contributed by atoms with Gasteiger partial charge in [0.25, 0.3) is 0 Å². The summed E-state index contributed by atoms with van der Waals surface area (Å²) in [6.07, 6.45) is 1.62. The van der Waals surface area contributed by atoms with E-state index in [1.54, 1.807) is 7.11 Å². The van der Waals surface area contributed by atoms with Crippen LogP contribution in [0.4, 0.5) is 11.4 Å². The molecule has 1 N–H and O–H groups in total. The van der Waals surface area contributed by atoms with Gasteiger partial charge in [-0.2, -0.15) is 0 Å². The van der Waals surface area contributed by atoms with E-state index in [2.05, 4.69) is 27.2 Å². The van der Waals surface area contributed by atoms with E-state index in [9.17, 15) is 9.59 Å². The first-order chi connectivity index (χ1) is 16.4. The van der Waals surface area contributed by atoms with E-state index in [0.29, 0.717) is 6.54 Å². The Morgan fingerprint density at radius 3 is 2.24 bits per heavy atom. The number of anilines is 2. The molecule has 34 heavy (non-hydrogen) atoms. The molecule has 2 aliphatic heterocycles. The molecule has 0 saturated carbocycles. The van der Waals surface area contributed by atoms with Crippen LogP contribution in [0.5, 0.6) is 5.75 Å². The second kappa shape index (κ2) is 10.9. The second-order valence-electron chi connectivity index (χ2n) is 9.46. The van der Waals surface area contributed by atoms with Crippen molar-refractivity contribution in [3.8, 4) is 5.75 Å². The van der Waals surface area contributed by atoms with Crippen molar-refractivity contribution in [3.63, 3.8) is 0 Å². The van der Waals surface area contributed by atoms with E-state index < -0.39 is 0 Å². The van der Waals surface area contributed by atoms with Gasteiger partial charge in [0, 0.05) is 37.8 Å². The van der Waals surface area contributed by atoms with Crippen LogP contribution in [0.15, 0.2) is 42.5 Å². The average Bonchev–Trinajstić information content (AvgIpc) is 2.83. The quantitative estimate of drug-likeness (QED) is 0.711. The number of hydrogen-bond donors (Lipinski definition) is 1.